The average Bonchev–Trinajstić information content (AvgIpc) is 3.04. The summed E-state index contributed by atoms with van der Waals surface area (Å²) in [5.41, 5.74) is -0.748. The average molecular weight is 502 g/mol. The van der Waals surface area contributed by atoms with Gasteiger partial charge in [-0.15, -0.1) is 10.2 Å². The number of benzene rings is 1. The van der Waals surface area contributed by atoms with E-state index in [1.54, 1.807) is 32.0 Å². The number of aromatic nitrogens is 4. The number of carbonyl (C=O) groups is 1. The minimum absolute atomic E-state index is 0.0327. The maximum atomic E-state index is 12.6. The highest BCUT2D eigenvalue weighted by Gasteiger charge is 2.14. The highest BCUT2D eigenvalue weighted by atomic mass is 127. The SMILES string of the molecule is CC(C)OC(=O)CSc1nnc(Cn2[nH]c(=O)c3ccc(I)cc3c2=O)o1. The topological polar surface area (TPSA) is 120 Å². The summed E-state index contributed by atoms with van der Waals surface area (Å²) in [6, 6.07) is 5.02. The lowest BCUT2D eigenvalue weighted by atomic mass is 10.2. The Kier molecular flexibility index (Phi) is 5.99. The molecule has 3 rings (SSSR count). The molecule has 142 valence electrons. The molecule has 0 saturated heterocycles. The van der Waals surface area contributed by atoms with Crippen molar-refractivity contribution in [3.05, 3.63) is 48.4 Å². The number of halogens is 1. The molecule has 11 heteroatoms. The summed E-state index contributed by atoms with van der Waals surface area (Å²) in [5.74, 6) is -0.220. The van der Waals surface area contributed by atoms with Gasteiger partial charge in [-0.1, -0.05) is 11.8 Å². The fourth-order valence-corrected chi connectivity index (χ4v) is 3.35. The maximum absolute atomic E-state index is 12.6. The number of ether oxygens (including phenoxy) is 1. The summed E-state index contributed by atoms with van der Waals surface area (Å²) < 4.78 is 12.4. The Balaban J connectivity index is 1.78. The number of nitrogens with zero attached hydrogens (tertiary/aromatic N) is 3. The summed E-state index contributed by atoms with van der Waals surface area (Å²) >= 11 is 3.11. The van der Waals surface area contributed by atoms with Crippen LogP contribution in [0.15, 0.2) is 37.4 Å². The van der Waals surface area contributed by atoms with Gasteiger partial charge >= 0.3 is 5.97 Å². The molecule has 0 spiro atoms. The number of esters is 1. The predicted octanol–water partition coefficient (Wildman–Crippen LogP) is 1.77. The first-order valence-corrected chi connectivity index (χ1v) is 9.97. The van der Waals surface area contributed by atoms with Crippen molar-refractivity contribution in [2.45, 2.75) is 31.7 Å². The van der Waals surface area contributed by atoms with Crippen molar-refractivity contribution in [2.24, 2.45) is 0 Å². The van der Waals surface area contributed by atoms with Crippen molar-refractivity contribution in [1.29, 1.82) is 0 Å². The molecule has 1 N–H and O–H groups in total. The van der Waals surface area contributed by atoms with E-state index in [0.717, 1.165) is 20.0 Å². The zero-order valence-corrected chi connectivity index (χ0v) is 17.4. The van der Waals surface area contributed by atoms with Crippen LogP contribution in [-0.4, -0.2) is 37.8 Å². The molecular weight excluding hydrogens is 487 g/mol. The van der Waals surface area contributed by atoms with Crippen molar-refractivity contribution in [2.75, 3.05) is 5.75 Å². The minimum atomic E-state index is -0.389. The van der Waals surface area contributed by atoms with E-state index in [1.165, 1.54) is 0 Å². The van der Waals surface area contributed by atoms with Gasteiger partial charge in [0.25, 0.3) is 16.3 Å². The number of H-pyrrole nitrogens is 1. The number of hydrogen-bond donors (Lipinski definition) is 1. The number of aromatic amines is 1. The minimum Gasteiger partial charge on any atom is -0.462 e. The Labute approximate surface area is 170 Å². The van der Waals surface area contributed by atoms with Crippen LogP contribution in [0, 0.1) is 3.57 Å². The van der Waals surface area contributed by atoms with Gasteiger partial charge < -0.3 is 9.15 Å². The van der Waals surface area contributed by atoms with E-state index >= 15 is 0 Å². The van der Waals surface area contributed by atoms with Crippen molar-refractivity contribution < 1.29 is 13.9 Å². The van der Waals surface area contributed by atoms with E-state index in [4.69, 9.17) is 9.15 Å². The molecule has 0 bridgehead atoms. The van der Waals surface area contributed by atoms with Crippen LogP contribution in [0.25, 0.3) is 10.8 Å². The number of nitrogens with one attached hydrogen (secondary N) is 1. The first kappa shape index (κ1) is 19.6. The van der Waals surface area contributed by atoms with Gasteiger partial charge in [-0.2, -0.15) is 0 Å². The summed E-state index contributed by atoms with van der Waals surface area (Å²) in [5, 5.41) is 11.0. The maximum Gasteiger partial charge on any atom is 0.316 e. The predicted molar refractivity (Wildman–Crippen MR) is 107 cm³/mol. The molecule has 2 aromatic heterocycles. The van der Waals surface area contributed by atoms with Gasteiger partial charge in [-0.25, -0.2) is 4.68 Å². The van der Waals surface area contributed by atoms with E-state index in [9.17, 15) is 14.4 Å². The molecule has 0 amide bonds. The normalized spacial score (nSPS) is 11.3. The van der Waals surface area contributed by atoms with Gasteiger partial charge in [0.2, 0.25) is 5.89 Å². The molecule has 0 fully saturated rings. The first-order chi connectivity index (χ1) is 12.8. The number of rotatable bonds is 6. The number of hydrogen-bond acceptors (Lipinski definition) is 8. The summed E-state index contributed by atoms with van der Waals surface area (Å²) in [6.07, 6.45) is -0.198. The smallest absolute Gasteiger partial charge is 0.316 e. The van der Waals surface area contributed by atoms with Gasteiger partial charge in [0, 0.05) is 3.57 Å². The van der Waals surface area contributed by atoms with Crippen molar-refractivity contribution in [3.8, 4) is 0 Å². The molecule has 2 heterocycles. The molecule has 0 atom stereocenters. The lowest BCUT2D eigenvalue weighted by Crippen LogP contribution is -2.30. The zero-order chi connectivity index (χ0) is 19.6. The van der Waals surface area contributed by atoms with Crippen molar-refractivity contribution in [3.63, 3.8) is 0 Å². The van der Waals surface area contributed by atoms with Gasteiger partial charge in [-0.05, 0) is 54.6 Å². The second-order valence-electron chi connectivity index (χ2n) is 5.81. The summed E-state index contributed by atoms with van der Waals surface area (Å²) in [4.78, 5) is 36.3. The Morgan fingerprint density at radius 2 is 2.11 bits per heavy atom. The molecule has 9 nitrogen and oxygen atoms in total. The largest absolute Gasteiger partial charge is 0.462 e. The van der Waals surface area contributed by atoms with E-state index in [1.807, 2.05) is 0 Å². The molecule has 27 heavy (non-hydrogen) atoms. The number of thioether (sulfide) groups is 1. The van der Waals surface area contributed by atoms with Crippen LogP contribution in [0.4, 0.5) is 0 Å². The molecule has 0 unspecified atom stereocenters. The highest BCUT2D eigenvalue weighted by Crippen LogP contribution is 2.17. The van der Waals surface area contributed by atoms with Crippen LogP contribution in [0.3, 0.4) is 0 Å². The molecule has 1 aromatic carbocycles. The van der Waals surface area contributed by atoms with E-state index in [-0.39, 0.29) is 46.6 Å². The number of carbonyl (C=O) groups excluding carboxylic acids is 1. The second-order valence-corrected chi connectivity index (χ2v) is 7.98. The first-order valence-electron chi connectivity index (χ1n) is 7.90. The van der Waals surface area contributed by atoms with Gasteiger partial charge in [0.15, 0.2) is 0 Å². The standard InChI is InChI=1S/C16H15IN4O5S/c1-8(2)25-13(22)7-27-16-19-18-12(26-16)6-21-15(24)11-5-9(17)3-4-10(11)14(23)20-21/h3-5,8H,6-7H2,1-2H3,(H,20,23). The third-order valence-electron chi connectivity index (χ3n) is 3.36. The molecule has 0 aliphatic heterocycles. The van der Waals surface area contributed by atoms with Gasteiger partial charge in [0.05, 0.1) is 16.9 Å². The Morgan fingerprint density at radius 3 is 2.85 bits per heavy atom. The lowest BCUT2D eigenvalue weighted by Gasteiger charge is -2.06. The van der Waals surface area contributed by atoms with Crippen LogP contribution in [0.1, 0.15) is 19.7 Å². The Morgan fingerprint density at radius 1 is 1.33 bits per heavy atom. The lowest BCUT2D eigenvalue weighted by molar-refractivity contribution is -0.144. The van der Waals surface area contributed by atoms with Crippen LogP contribution in [0.2, 0.25) is 0 Å². The van der Waals surface area contributed by atoms with E-state index < -0.39 is 0 Å². The fraction of sp³-hybridized carbons (Fsp3) is 0.312. The van der Waals surface area contributed by atoms with Crippen LogP contribution in [-0.2, 0) is 16.1 Å². The van der Waals surface area contributed by atoms with Crippen molar-refractivity contribution >= 4 is 51.1 Å². The summed E-state index contributed by atoms with van der Waals surface area (Å²) in [6.45, 7) is 3.44. The molecule has 3 aromatic rings. The molecule has 0 saturated carbocycles. The molecule has 0 aliphatic rings. The van der Waals surface area contributed by atoms with Gasteiger partial charge in [0.1, 0.15) is 12.3 Å². The fourth-order valence-electron chi connectivity index (χ4n) is 2.29. The Bertz CT molecular complexity index is 1100. The monoisotopic (exact) mass is 502 g/mol. The van der Waals surface area contributed by atoms with Crippen LogP contribution < -0.4 is 11.1 Å². The quantitative estimate of drug-likeness (QED) is 0.308. The Hall–Kier alpha value is -2.15. The third-order valence-corrected chi connectivity index (χ3v) is 4.82. The van der Waals surface area contributed by atoms with E-state index in [2.05, 4.69) is 37.9 Å². The summed E-state index contributed by atoms with van der Waals surface area (Å²) in [7, 11) is 0. The van der Waals surface area contributed by atoms with Crippen LogP contribution in [0.5, 0.6) is 0 Å². The second kappa shape index (κ2) is 8.25. The number of fused-ring (bicyclic) bond motifs is 1. The molecule has 0 radical (unpaired) electrons. The molecular formula is C16H15IN4O5S. The van der Waals surface area contributed by atoms with Crippen LogP contribution >= 0.6 is 34.4 Å². The van der Waals surface area contributed by atoms with Crippen molar-refractivity contribution in [1.82, 2.24) is 20.0 Å². The van der Waals surface area contributed by atoms with E-state index in [0.29, 0.717) is 10.8 Å². The van der Waals surface area contributed by atoms with Gasteiger partial charge in [-0.3, -0.25) is 19.5 Å². The zero-order valence-electron chi connectivity index (χ0n) is 14.4. The third kappa shape index (κ3) is 4.77. The molecule has 0 aliphatic carbocycles. The highest BCUT2D eigenvalue weighted by molar-refractivity contribution is 14.1.